The zero-order chi connectivity index (χ0) is 17.4. The van der Waals surface area contributed by atoms with Gasteiger partial charge in [0.05, 0.1) is 25.0 Å². The molecule has 0 heterocycles. The number of Topliss-reactive ketones (excluding diaryl/α,β-unsaturated/α-hetero) is 3. The summed E-state index contributed by atoms with van der Waals surface area (Å²) < 4.78 is 5.56. The van der Waals surface area contributed by atoms with Crippen LogP contribution in [0.15, 0.2) is 30.3 Å². The largest absolute Gasteiger partial charge is 0.376 e. The molecular formula is C19H26O4. The van der Waals surface area contributed by atoms with E-state index < -0.39 is 11.8 Å². The number of hydrogen-bond donors (Lipinski definition) is 0. The molecule has 3 atom stereocenters. The molecule has 126 valence electrons. The highest BCUT2D eigenvalue weighted by atomic mass is 16.5. The van der Waals surface area contributed by atoms with Gasteiger partial charge in [0.15, 0.2) is 5.78 Å². The summed E-state index contributed by atoms with van der Waals surface area (Å²) in [4.78, 5) is 36.2. The van der Waals surface area contributed by atoms with Crippen LogP contribution in [-0.4, -0.2) is 24.0 Å². The molecule has 0 aliphatic carbocycles. The first kappa shape index (κ1) is 19.2. The second kappa shape index (κ2) is 9.36. The molecule has 0 aliphatic heterocycles. The number of carbonyl (C=O) groups is 3. The topological polar surface area (TPSA) is 60.4 Å². The van der Waals surface area contributed by atoms with E-state index in [9.17, 15) is 14.4 Å². The van der Waals surface area contributed by atoms with E-state index in [1.54, 1.807) is 27.7 Å². The lowest BCUT2D eigenvalue weighted by molar-refractivity contribution is -0.139. The minimum Gasteiger partial charge on any atom is -0.376 e. The Morgan fingerprint density at radius 2 is 1.57 bits per heavy atom. The summed E-state index contributed by atoms with van der Waals surface area (Å²) >= 11 is 0. The smallest absolute Gasteiger partial charge is 0.153 e. The quantitative estimate of drug-likeness (QED) is 0.621. The third kappa shape index (κ3) is 5.71. The Hall–Kier alpha value is -1.81. The Morgan fingerprint density at radius 1 is 0.957 bits per heavy atom. The highest BCUT2D eigenvalue weighted by Crippen LogP contribution is 2.16. The molecule has 0 N–H and O–H groups in total. The van der Waals surface area contributed by atoms with Crippen LogP contribution in [0.4, 0.5) is 0 Å². The first-order valence-electron chi connectivity index (χ1n) is 8.10. The maximum absolute atomic E-state index is 12.3. The molecule has 2 unspecified atom stereocenters. The van der Waals surface area contributed by atoms with Crippen molar-refractivity contribution in [1.29, 1.82) is 0 Å². The van der Waals surface area contributed by atoms with Crippen molar-refractivity contribution >= 4 is 17.3 Å². The van der Waals surface area contributed by atoms with Gasteiger partial charge in [-0.05, 0) is 19.4 Å². The van der Waals surface area contributed by atoms with Crippen LogP contribution in [0.25, 0.3) is 0 Å². The molecule has 23 heavy (non-hydrogen) atoms. The average Bonchev–Trinajstić information content (AvgIpc) is 2.59. The number of ketones is 3. The molecule has 0 spiro atoms. The molecule has 1 rings (SSSR count). The van der Waals surface area contributed by atoms with Crippen molar-refractivity contribution in [2.45, 2.75) is 40.7 Å². The predicted molar refractivity (Wildman–Crippen MR) is 88.9 cm³/mol. The summed E-state index contributed by atoms with van der Waals surface area (Å²) in [6.45, 7) is 7.33. The van der Waals surface area contributed by atoms with Crippen molar-refractivity contribution in [2.24, 2.45) is 17.8 Å². The molecule has 0 fully saturated rings. The third-order valence-corrected chi connectivity index (χ3v) is 4.08. The molecule has 1 aromatic carbocycles. The van der Waals surface area contributed by atoms with Gasteiger partial charge >= 0.3 is 0 Å². The van der Waals surface area contributed by atoms with Crippen molar-refractivity contribution in [3.63, 3.8) is 0 Å². The lowest BCUT2D eigenvalue weighted by Crippen LogP contribution is -2.34. The zero-order valence-electron chi connectivity index (χ0n) is 14.4. The van der Waals surface area contributed by atoms with Crippen molar-refractivity contribution < 1.29 is 19.1 Å². The number of benzene rings is 1. The second-order valence-electron chi connectivity index (χ2n) is 5.97. The molecule has 4 heteroatoms. The number of ether oxygens (including phenoxy) is 1. The van der Waals surface area contributed by atoms with Gasteiger partial charge in [-0.25, -0.2) is 0 Å². The molecule has 1 aromatic rings. The van der Waals surface area contributed by atoms with Crippen LogP contribution in [0.3, 0.4) is 0 Å². The lowest BCUT2D eigenvalue weighted by atomic mass is 9.85. The summed E-state index contributed by atoms with van der Waals surface area (Å²) in [6.07, 6.45) is 0.309. The lowest BCUT2D eigenvalue weighted by Gasteiger charge is -2.18. The number of rotatable bonds is 10. The van der Waals surface area contributed by atoms with Crippen LogP contribution in [0, 0.1) is 17.8 Å². The average molecular weight is 318 g/mol. The van der Waals surface area contributed by atoms with E-state index in [4.69, 9.17) is 4.74 Å². The first-order chi connectivity index (χ1) is 10.9. The van der Waals surface area contributed by atoms with Crippen LogP contribution < -0.4 is 0 Å². The van der Waals surface area contributed by atoms with Crippen LogP contribution in [-0.2, 0) is 25.7 Å². The van der Waals surface area contributed by atoms with Gasteiger partial charge in [-0.3, -0.25) is 14.4 Å². The van der Waals surface area contributed by atoms with E-state index in [1.807, 2.05) is 30.3 Å². The predicted octanol–water partition coefficient (Wildman–Crippen LogP) is 3.23. The Balaban J connectivity index is 2.48. The third-order valence-electron chi connectivity index (χ3n) is 4.08. The van der Waals surface area contributed by atoms with Gasteiger partial charge in [0.25, 0.3) is 0 Å². The monoisotopic (exact) mass is 318 g/mol. The summed E-state index contributed by atoms with van der Waals surface area (Å²) in [5.41, 5.74) is 1.04. The number of carbonyl (C=O) groups excluding carboxylic acids is 3. The Kier molecular flexibility index (Phi) is 7.83. The molecule has 0 aliphatic rings. The van der Waals surface area contributed by atoms with Crippen molar-refractivity contribution in [1.82, 2.24) is 0 Å². The van der Waals surface area contributed by atoms with E-state index in [2.05, 4.69) is 0 Å². The molecule has 0 saturated heterocycles. The first-order valence-corrected chi connectivity index (χ1v) is 8.10. The summed E-state index contributed by atoms with van der Waals surface area (Å²) in [7, 11) is 0. The molecule has 0 aromatic heterocycles. The second-order valence-corrected chi connectivity index (χ2v) is 5.97. The zero-order valence-corrected chi connectivity index (χ0v) is 14.4. The Labute approximate surface area is 138 Å². The van der Waals surface area contributed by atoms with Crippen molar-refractivity contribution in [3.8, 4) is 0 Å². The molecule has 0 radical (unpaired) electrons. The molecular weight excluding hydrogens is 292 g/mol. The maximum Gasteiger partial charge on any atom is 0.153 e. The van der Waals surface area contributed by atoms with Gasteiger partial charge in [-0.15, -0.1) is 0 Å². The highest BCUT2D eigenvalue weighted by molar-refractivity contribution is 6.11. The molecule has 4 nitrogen and oxygen atoms in total. The van der Waals surface area contributed by atoms with Gasteiger partial charge in [0.1, 0.15) is 11.6 Å². The SMILES string of the molecule is CCC(=O)C(C)C(=O)C(C)C(=O)[C@@H](C)COCc1ccccc1. The summed E-state index contributed by atoms with van der Waals surface area (Å²) in [5.74, 6) is -2.44. The van der Waals surface area contributed by atoms with Gasteiger partial charge in [-0.1, -0.05) is 44.2 Å². The van der Waals surface area contributed by atoms with Gasteiger partial charge in [0, 0.05) is 12.3 Å². The van der Waals surface area contributed by atoms with Gasteiger partial charge in [-0.2, -0.15) is 0 Å². The van der Waals surface area contributed by atoms with E-state index in [0.717, 1.165) is 5.56 Å². The fourth-order valence-electron chi connectivity index (χ4n) is 2.42. The summed E-state index contributed by atoms with van der Waals surface area (Å²) in [5, 5.41) is 0. The van der Waals surface area contributed by atoms with Crippen molar-refractivity contribution in [3.05, 3.63) is 35.9 Å². The van der Waals surface area contributed by atoms with Crippen LogP contribution >= 0.6 is 0 Å². The summed E-state index contributed by atoms with van der Waals surface area (Å²) in [6, 6.07) is 9.70. The minimum absolute atomic E-state index is 0.123. The van der Waals surface area contributed by atoms with Crippen molar-refractivity contribution in [2.75, 3.05) is 6.61 Å². The fraction of sp³-hybridized carbons (Fsp3) is 0.526. The van der Waals surface area contributed by atoms with E-state index in [1.165, 1.54) is 0 Å². The van der Waals surface area contributed by atoms with E-state index >= 15 is 0 Å². The van der Waals surface area contributed by atoms with Crippen LogP contribution in [0.1, 0.15) is 39.7 Å². The maximum atomic E-state index is 12.3. The normalized spacial score (nSPS) is 14.8. The fourth-order valence-corrected chi connectivity index (χ4v) is 2.42. The van der Waals surface area contributed by atoms with E-state index in [-0.39, 0.29) is 29.9 Å². The number of hydrogen-bond acceptors (Lipinski definition) is 4. The van der Waals surface area contributed by atoms with Crippen LogP contribution in [0.5, 0.6) is 0 Å². The van der Waals surface area contributed by atoms with Gasteiger partial charge in [0.2, 0.25) is 0 Å². The minimum atomic E-state index is -0.768. The highest BCUT2D eigenvalue weighted by Gasteiger charge is 2.31. The van der Waals surface area contributed by atoms with Crippen LogP contribution in [0.2, 0.25) is 0 Å². The Bertz CT molecular complexity index is 536. The molecule has 0 amide bonds. The Morgan fingerprint density at radius 3 is 2.13 bits per heavy atom. The molecule has 0 bridgehead atoms. The van der Waals surface area contributed by atoms with E-state index in [0.29, 0.717) is 13.0 Å². The van der Waals surface area contributed by atoms with Gasteiger partial charge < -0.3 is 4.74 Å². The molecule has 0 saturated carbocycles. The standard InChI is InChI=1S/C19H26O4/c1-5-17(20)14(3)19(22)15(4)18(21)13(2)11-23-12-16-9-7-6-8-10-16/h6-10,13-15H,5,11-12H2,1-4H3/t13-,14?,15?/m0/s1.